The fourth-order valence-electron chi connectivity index (χ4n) is 2.92. The molecular formula is C12H17N5OS. The van der Waals surface area contributed by atoms with Crippen molar-refractivity contribution >= 4 is 16.3 Å². The van der Waals surface area contributed by atoms with Crippen molar-refractivity contribution in [3.63, 3.8) is 0 Å². The van der Waals surface area contributed by atoms with Crippen LogP contribution in [0.15, 0.2) is 0 Å². The summed E-state index contributed by atoms with van der Waals surface area (Å²) in [6.45, 7) is 4.85. The summed E-state index contributed by atoms with van der Waals surface area (Å²) in [7, 11) is 0. The van der Waals surface area contributed by atoms with Crippen LogP contribution in [0.3, 0.4) is 0 Å². The summed E-state index contributed by atoms with van der Waals surface area (Å²) in [5, 5.41) is 18.0. The zero-order valence-corrected chi connectivity index (χ0v) is 11.7. The van der Waals surface area contributed by atoms with E-state index in [0.29, 0.717) is 5.92 Å². The zero-order chi connectivity index (χ0) is 12.9. The molecule has 2 saturated heterocycles. The van der Waals surface area contributed by atoms with Crippen molar-refractivity contribution in [1.82, 2.24) is 25.1 Å². The predicted molar refractivity (Wildman–Crippen MR) is 71.4 cm³/mol. The van der Waals surface area contributed by atoms with Gasteiger partial charge in [-0.05, 0) is 32.7 Å². The van der Waals surface area contributed by atoms with Crippen LogP contribution in [0.4, 0.5) is 0 Å². The van der Waals surface area contributed by atoms with Gasteiger partial charge in [0.2, 0.25) is 4.96 Å². The maximum absolute atomic E-state index is 5.44. The number of nitrogens with zero attached hydrogens (tertiary/aromatic N) is 4. The molecule has 2 atom stereocenters. The Labute approximate surface area is 115 Å². The van der Waals surface area contributed by atoms with Crippen molar-refractivity contribution in [2.45, 2.75) is 37.6 Å². The number of hydrogen-bond donors (Lipinski definition) is 1. The van der Waals surface area contributed by atoms with Crippen molar-refractivity contribution in [3.8, 4) is 0 Å². The smallest absolute Gasteiger partial charge is 0.234 e. The van der Waals surface area contributed by atoms with Gasteiger partial charge in [-0.3, -0.25) is 0 Å². The number of hydrogen-bond acceptors (Lipinski definition) is 6. The van der Waals surface area contributed by atoms with E-state index in [1.54, 1.807) is 11.3 Å². The Bertz CT molecular complexity index is 594. The predicted octanol–water partition coefficient (Wildman–Crippen LogP) is 1.29. The van der Waals surface area contributed by atoms with Crippen LogP contribution in [0, 0.1) is 0 Å². The second-order valence-electron chi connectivity index (χ2n) is 5.58. The molecule has 4 rings (SSSR count). The van der Waals surface area contributed by atoms with Gasteiger partial charge in [0.1, 0.15) is 5.01 Å². The van der Waals surface area contributed by atoms with Gasteiger partial charge < -0.3 is 10.1 Å². The molecule has 2 unspecified atom stereocenters. The first-order valence-electron chi connectivity index (χ1n) is 6.82. The van der Waals surface area contributed by atoms with Crippen molar-refractivity contribution < 1.29 is 4.74 Å². The van der Waals surface area contributed by atoms with E-state index in [-0.39, 0.29) is 5.54 Å². The standard InChI is InChI=1S/C12H17N5OS/c1-12(4-2-5-13-12)10-16-17-9(8-3-6-18-7-8)14-15-11(17)19-10/h8,13H,2-7H2,1H3. The van der Waals surface area contributed by atoms with Crippen LogP contribution in [0.5, 0.6) is 0 Å². The Balaban J connectivity index is 1.75. The highest BCUT2D eigenvalue weighted by molar-refractivity contribution is 7.16. The summed E-state index contributed by atoms with van der Waals surface area (Å²) in [5.41, 5.74) is 0.00874. The lowest BCUT2D eigenvalue weighted by atomic mass is 10.0. The third-order valence-electron chi connectivity index (χ3n) is 4.15. The molecule has 2 aliphatic rings. The van der Waals surface area contributed by atoms with Crippen LogP contribution >= 0.6 is 11.3 Å². The third kappa shape index (κ3) is 1.79. The van der Waals surface area contributed by atoms with E-state index in [2.05, 4.69) is 22.4 Å². The number of fused-ring (bicyclic) bond motifs is 1. The molecule has 0 aromatic carbocycles. The summed E-state index contributed by atoms with van der Waals surface area (Å²) < 4.78 is 7.36. The summed E-state index contributed by atoms with van der Waals surface area (Å²) in [6.07, 6.45) is 3.36. The van der Waals surface area contributed by atoms with E-state index in [9.17, 15) is 0 Å². The summed E-state index contributed by atoms with van der Waals surface area (Å²) in [6, 6.07) is 0. The van der Waals surface area contributed by atoms with E-state index >= 15 is 0 Å². The normalized spacial score (nSPS) is 31.5. The molecule has 0 spiro atoms. The highest BCUT2D eigenvalue weighted by atomic mass is 32.1. The molecule has 1 N–H and O–H groups in total. The lowest BCUT2D eigenvalue weighted by Gasteiger charge is -2.20. The molecule has 2 aromatic heterocycles. The number of ether oxygens (including phenoxy) is 1. The minimum absolute atomic E-state index is 0.00874. The minimum Gasteiger partial charge on any atom is -0.381 e. The van der Waals surface area contributed by atoms with E-state index in [0.717, 1.165) is 48.4 Å². The Hall–Kier alpha value is -1.05. The molecule has 2 fully saturated rings. The molecule has 19 heavy (non-hydrogen) atoms. The highest BCUT2D eigenvalue weighted by Gasteiger charge is 2.35. The molecule has 2 aliphatic heterocycles. The van der Waals surface area contributed by atoms with Crippen LogP contribution in [-0.2, 0) is 10.3 Å². The van der Waals surface area contributed by atoms with Gasteiger partial charge >= 0.3 is 0 Å². The summed E-state index contributed by atoms with van der Waals surface area (Å²) in [4.78, 5) is 0.895. The SMILES string of the molecule is CC1(c2nn3c(C4CCOC4)nnc3s2)CCCN1. The topological polar surface area (TPSA) is 64.3 Å². The van der Waals surface area contributed by atoms with Crippen molar-refractivity contribution in [2.75, 3.05) is 19.8 Å². The number of nitrogens with one attached hydrogen (secondary N) is 1. The van der Waals surface area contributed by atoms with Gasteiger partial charge in [0.25, 0.3) is 0 Å². The molecule has 0 radical (unpaired) electrons. The molecule has 7 heteroatoms. The van der Waals surface area contributed by atoms with Gasteiger partial charge in [0.05, 0.1) is 12.1 Å². The molecule has 0 bridgehead atoms. The molecule has 0 aliphatic carbocycles. The average molecular weight is 279 g/mol. The molecule has 4 heterocycles. The summed E-state index contributed by atoms with van der Waals surface area (Å²) >= 11 is 1.65. The van der Waals surface area contributed by atoms with Crippen molar-refractivity contribution in [1.29, 1.82) is 0 Å². The van der Waals surface area contributed by atoms with Crippen LogP contribution in [-0.4, -0.2) is 39.6 Å². The second kappa shape index (κ2) is 4.22. The fourth-order valence-corrected chi connectivity index (χ4v) is 3.92. The van der Waals surface area contributed by atoms with Crippen LogP contribution in [0.1, 0.15) is 42.9 Å². The minimum atomic E-state index is 0.00874. The van der Waals surface area contributed by atoms with Crippen LogP contribution in [0.25, 0.3) is 4.96 Å². The first kappa shape index (κ1) is 11.7. The fraction of sp³-hybridized carbons (Fsp3) is 0.750. The van der Waals surface area contributed by atoms with E-state index in [1.807, 2.05) is 4.52 Å². The van der Waals surface area contributed by atoms with Gasteiger partial charge in [-0.2, -0.15) is 9.61 Å². The van der Waals surface area contributed by atoms with Gasteiger partial charge in [-0.25, -0.2) is 0 Å². The molecular weight excluding hydrogens is 262 g/mol. The maximum Gasteiger partial charge on any atom is 0.234 e. The van der Waals surface area contributed by atoms with E-state index < -0.39 is 0 Å². The lowest BCUT2D eigenvalue weighted by molar-refractivity contribution is 0.193. The third-order valence-corrected chi connectivity index (χ3v) is 5.31. The number of rotatable bonds is 2. The summed E-state index contributed by atoms with van der Waals surface area (Å²) in [5.74, 6) is 1.30. The Morgan fingerprint density at radius 2 is 2.42 bits per heavy atom. The highest BCUT2D eigenvalue weighted by Crippen LogP contribution is 2.34. The molecule has 6 nitrogen and oxygen atoms in total. The van der Waals surface area contributed by atoms with Crippen molar-refractivity contribution in [3.05, 3.63) is 10.8 Å². The molecule has 2 aromatic rings. The average Bonchev–Trinajstić information content (AvgIpc) is 3.12. The monoisotopic (exact) mass is 279 g/mol. The molecule has 0 amide bonds. The lowest BCUT2D eigenvalue weighted by Crippen LogP contribution is -2.33. The van der Waals surface area contributed by atoms with Gasteiger partial charge in [0, 0.05) is 12.5 Å². The molecule has 102 valence electrons. The number of aromatic nitrogens is 4. The van der Waals surface area contributed by atoms with E-state index in [1.165, 1.54) is 6.42 Å². The quantitative estimate of drug-likeness (QED) is 0.897. The first-order valence-corrected chi connectivity index (χ1v) is 7.63. The largest absolute Gasteiger partial charge is 0.381 e. The van der Waals surface area contributed by atoms with Gasteiger partial charge in [-0.15, -0.1) is 10.2 Å². The Morgan fingerprint density at radius 3 is 3.16 bits per heavy atom. The maximum atomic E-state index is 5.44. The van der Waals surface area contributed by atoms with Crippen LogP contribution < -0.4 is 5.32 Å². The van der Waals surface area contributed by atoms with Crippen LogP contribution in [0.2, 0.25) is 0 Å². The van der Waals surface area contributed by atoms with Crippen molar-refractivity contribution in [2.24, 2.45) is 0 Å². The zero-order valence-electron chi connectivity index (χ0n) is 10.9. The first-order chi connectivity index (χ1) is 9.26. The Kier molecular flexibility index (Phi) is 2.61. The van der Waals surface area contributed by atoms with Gasteiger partial charge in [0.15, 0.2) is 5.82 Å². The van der Waals surface area contributed by atoms with E-state index in [4.69, 9.17) is 9.84 Å². The van der Waals surface area contributed by atoms with Gasteiger partial charge in [-0.1, -0.05) is 11.3 Å². The molecule has 0 saturated carbocycles. The Morgan fingerprint density at radius 1 is 1.47 bits per heavy atom. The second-order valence-corrected chi connectivity index (χ2v) is 6.54.